The lowest BCUT2D eigenvalue weighted by Gasteiger charge is -2.16. The number of hydrogen-bond donors (Lipinski definition) is 4. The fourth-order valence-electron chi connectivity index (χ4n) is 1.25. The molecular formula is C11H26FO13P3. The van der Waals surface area contributed by atoms with E-state index in [0.29, 0.717) is 0 Å². The van der Waals surface area contributed by atoms with Gasteiger partial charge in [-0.2, -0.15) is 0 Å². The third-order valence-electron chi connectivity index (χ3n) is 2.56. The largest absolute Gasteiger partial charge is 0.472 e. The van der Waals surface area contributed by atoms with E-state index < -0.39 is 62.0 Å². The minimum Gasteiger partial charge on any atom is -0.396 e. The maximum absolute atomic E-state index is 13.5. The topological polar surface area (TPSA) is 188 Å². The van der Waals surface area contributed by atoms with Gasteiger partial charge in [-0.05, 0) is 6.92 Å². The van der Waals surface area contributed by atoms with E-state index in [-0.39, 0.29) is 19.8 Å². The molecule has 0 rings (SSSR count). The van der Waals surface area contributed by atoms with Gasteiger partial charge in [0.15, 0.2) is 0 Å². The van der Waals surface area contributed by atoms with Gasteiger partial charge in [0.1, 0.15) is 6.17 Å². The Balaban J connectivity index is 4.09. The number of alkyl halides is 1. The van der Waals surface area contributed by atoms with Crippen molar-refractivity contribution in [3.05, 3.63) is 0 Å². The van der Waals surface area contributed by atoms with Crippen LogP contribution in [0.4, 0.5) is 4.39 Å². The van der Waals surface area contributed by atoms with Crippen LogP contribution in [0.15, 0.2) is 0 Å². The fraction of sp³-hybridized carbons (Fsp3) is 1.00. The second-order valence-electron chi connectivity index (χ2n) is 5.26. The Morgan fingerprint density at radius 3 is 1.57 bits per heavy atom. The highest BCUT2D eigenvalue weighted by Gasteiger charge is 2.27. The van der Waals surface area contributed by atoms with Crippen LogP contribution in [-0.2, 0) is 40.8 Å². The van der Waals surface area contributed by atoms with E-state index in [9.17, 15) is 27.9 Å². The molecule has 17 heteroatoms. The van der Waals surface area contributed by atoms with Crippen molar-refractivity contribution in [2.24, 2.45) is 5.92 Å². The van der Waals surface area contributed by atoms with Crippen molar-refractivity contribution < 1.29 is 65.0 Å². The normalized spacial score (nSPS) is 20.7. The average molecular weight is 478 g/mol. The Kier molecular flexibility index (Phi) is 13.6. The summed E-state index contributed by atoms with van der Waals surface area (Å²) >= 11 is 0. The molecule has 28 heavy (non-hydrogen) atoms. The van der Waals surface area contributed by atoms with Gasteiger partial charge < -0.3 is 19.8 Å². The third-order valence-corrected chi connectivity index (χ3v) is 5.58. The molecule has 0 heterocycles. The lowest BCUT2D eigenvalue weighted by Crippen LogP contribution is -2.17. The van der Waals surface area contributed by atoms with Crippen LogP contribution in [0.3, 0.4) is 0 Å². The smallest absolute Gasteiger partial charge is 0.396 e. The molecule has 0 aliphatic rings. The molecule has 0 saturated carbocycles. The molecule has 170 valence electrons. The van der Waals surface area contributed by atoms with Crippen molar-refractivity contribution in [1.29, 1.82) is 0 Å². The summed E-state index contributed by atoms with van der Waals surface area (Å²) < 4.78 is 74.0. The molecule has 5 unspecified atom stereocenters. The van der Waals surface area contributed by atoms with Crippen LogP contribution in [0.5, 0.6) is 0 Å². The Labute approximate surface area is 161 Å². The minimum absolute atomic E-state index is 0.144. The van der Waals surface area contributed by atoms with Gasteiger partial charge in [0.25, 0.3) is 0 Å². The van der Waals surface area contributed by atoms with E-state index in [1.54, 1.807) is 6.92 Å². The van der Waals surface area contributed by atoms with Crippen LogP contribution in [0, 0.1) is 5.92 Å². The predicted octanol–water partition coefficient (Wildman–Crippen LogP) is 1.37. The number of halogens is 1. The molecule has 4 N–H and O–H groups in total. The summed E-state index contributed by atoms with van der Waals surface area (Å²) in [7, 11) is -13.6. The lowest BCUT2D eigenvalue weighted by molar-refractivity contribution is 0.0658. The number of aliphatic hydroxyl groups excluding tert-OH is 1. The summed E-state index contributed by atoms with van der Waals surface area (Å²) in [4.78, 5) is 27.7. The zero-order valence-corrected chi connectivity index (χ0v) is 18.0. The first kappa shape index (κ1) is 28.2. The minimum atomic E-state index is -4.72. The van der Waals surface area contributed by atoms with Gasteiger partial charge in [0.05, 0.1) is 39.6 Å². The maximum Gasteiger partial charge on any atom is 0.472 e. The first-order valence-corrected chi connectivity index (χ1v) is 12.4. The molecule has 0 aliphatic heterocycles. The summed E-state index contributed by atoms with van der Waals surface area (Å²) in [6.45, 7) is -0.914. The molecular weight excluding hydrogens is 452 g/mol. The van der Waals surface area contributed by atoms with Gasteiger partial charge in [0, 0.05) is 12.5 Å². The SMILES string of the molecule is CCOP(=O)(O)OCC(F)COP(=O)(O)OCCOP(=O)(O)OCC(C)CO. The van der Waals surface area contributed by atoms with E-state index in [4.69, 9.17) is 10.00 Å². The number of rotatable bonds is 17. The number of phosphoric ester groups is 3. The molecule has 0 fully saturated rings. The molecule has 0 amide bonds. The van der Waals surface area contributed by atoms with Crippen LogP contribution >= 0.6 is 23.5 Å². The summed E-state index contributed by atoms with van der Waals surface area (Å²) in [5.74, 6) is -0.405. The predicted molar refractivity (Wildman–Crippen MR) is 92.0 cm³/mol. The van der Waals surface area contributed by atoms with Crippen molar-refractivity contribution in [1.82, 2.24) is 0 Å². The lowest BCUT2D eigenvalue weighted by atomic mass is 10.2. The van der Waals surface area contributed by atoms with Crippen LogP contribution < -0.4 is 0 Å². The van der Waals surface area contributed by atoms with Crippen LogP contribution in [0.2, 0.25) is 0 Å². The van der Waals surface area contributed by atoms with Gasteiger partial charge in [-0.1, -0.05) is 6.92 Å². The van der Waals surface area contributed by atoms with Gasteiger partial charge in [-0.15, -0.1) is 0 Å². The van der Waals surface area contributed by atoms with Crippen molar-refractivity contribution in [3.63, 3.8) is 0 Å². The van der Waals surface area contributed by atoms with Crippen molar-refractivity contribution in [2.75, 3.05) is 46.2 Å². The monoisotopic (exact) mass is 478 g/mol. The molecule has 0 bridgehead atoms. The molecule has 0 saturated heterocycles. The first-order valence-electron chi connectivity index (χ1n) is 7.93. The quantitative estimate of drug-likeness (QED) is 0.174. The zero-order valence-electron chi connectivity index (χ0n) is 15.3. The van der Waals surface area contributed by atoms with E-state index >= 15 is 0 Å². The fourth-order valence-corrected chi connectivity index (χ4v) is 3.56. The molecule has 0 spiro atoms. The Bertz CT molecular complexity index is 576. The van der Waals surface area contributed by atoms with Gasteiger partial charge >= 0.3 is 23.5 Å². The molecule has 0 aliphatic carbocycles. The van der Waals surface area contributed by atoms with Crippen LogP contribution in [-0.4, -0.2) is 72.2 Å². The summed E-state index contributed by atoms with van der Waals surface area (Å²) in [5.41, 5.74) is 0. The second kappa shape index (κ2) is 13.5. The molecule has 13 nitrogen and oxygen atoms in total. The van der Waals surface area contributed by atoms with Crippen molar-refractivity contribution >= 4 is 23.5 Å². The van der Waals surface area contributed by atoms with E-state index in [2.05, 4.69) is 27.1 Å². The third kappa shape index (κ3) is 15.1. The molecule has 0 radical (unpaired) electrons. The maximum atomic E-state index is 13.5. The first-order chi connectivity index (χ1) is 12.8. The summed E-state index contributed by atoms with van der Waals surface area (Å²) in [6.07, 6.45) is -2.04. The Hall–Kier alpha value is 0.220. The molecule has 0 aromatic carbocycles. The number of hydrogen-bond acceptors (Lipinski definition) is 10. The summed E-state index contributed by atoms with van der Waals surface area (Å²) in [6, 6.07) is 0. The molecule has 5 atom stereocenters. The zero-order chi connectivity index (χ0) is 21.8. The summed E-state index contributed by atoms with van der Waals surface area (Å²) in [5, 5.41) is 8.77. The van der Waals surface area contributed by atoms with Gasteiger partial charge in [-0.3, -0.25) is 27.1 Å². The molecule has 0 aromatic rings. The highest BCUT2D eigenvalue weighted by molar-refractivity contribution is 7.48. The van der Waals surface area contributed by atoms with Crippen molar-refractivity contribution in [3.8, 4) is 0 Å². The van der Waals surface area contributed by atoms with Crippen LogP contribution in [0.25, 0.3) is 0 Å². The van der Waals surface area contributed by atoms with Crippen LogP contribution in [0.1, 0.15) is 13.8 Å². The average Bonchev–Trinajstić information content (AvgIpc) is 2.60. The second-order valence-corrected chi connectivity index (χ2v) is 9.62. The number of aliphatic hydroxyl groups is 1. The highest BCUT2D eigenvalue weighted by Crippen LogP contribution is 2.46. The van der Waals surface area contributed by atoms with Gasteiger partial charge in [-0.25, -0.2) is 18.1 Å². The van der Waals surface area contributed by atoms with E-state index in [1.165, 1.54) is 6.92 Å². The highest BCUT2D eigenvalue weighted by atomic mass is 31.2. The standard InChI is InChI=1S/C11H26FO13P3/c1-3-20-26(14,15)24-8-11(12)9-25-28(18,19)22-5-4-21-27(16,17)23-7-10(2)6-13/h10-11,13H,3-9H2,1-2H3,(H,14,15)(H,16,17)(H,18,19). The Morgan fingerprint density at radius 1 is 0.786 bits per heavy atom. The Morgan fingerprint density at radius 2 is 1.18 bits per heavy atom. The van der Waals surface area contributed by atoms with E-state index in [0.717, 1.165) is 0 Å². The number of phosphoric acid groups is 3. The molecule has 0 aromatic heterocycles. The van der Waals surface area contributed by atoms with Crippen molar-refractivity contribution in [2.45, 2.75) is 20.0 Å². The van der Waals surface area contributed by atoms with E-state index in [1.807, 2.05) is 0 Å². The van der Waals surface area contributed by atoms with Gasteiger partial charge in [0.2, 0.25) is 0 Å².